The van der Waals surface area contributed by atoms with Crippen molar-refractivity contribution in [1.82, 2.24) is 4.98 Å². The Morgan fingerprint density at radius 1 is 1.04 bits per heavy atom. The van der Waals surface area contributed by atoms with Crippen molar-refractivity contribution in [3.05, 3.63) is 83.7 Å². The Morgan fingerprint density at radius 3 is 2.60 bits per heavy atom. The van der Waals surface area contributed by atoms with Crippen LogP contribution in [-0.2, 0) is 6.42 Å². The number of hydrogen-bond donors (Lipinski definition) is 1. The van der Waals surface area contributed by atoms with Crippen LogP contribution in [0.1, 0.15) is 21.6 Å². The largest absolute Gasteiger partial charge is 0.340 e. The molecule has 0 saturated heterocycles. The van der Waals surface area contributed by atoms with Crippen LogP contribution in [0, 0.1) is 6.92 Å². The number of pyridine rings is 1. The Bertz CT molecular complexity index is 901. The lowest BCUT2D eigenvalue weighted by Gasteiger charge is -2.19. The van der Waals surface area contributed by atoms with Crippen LogP contribution in [0.15, 0.2) is 66.9 Å². The summed E-state index contributed by atoms with van der Waals surface area (Å²) in [6.07, 6.45) is 2.80. The summed E-state index contributed by atoms with van der Waals surface area (Å²) in [7, 11) is 0. The van der Waals surface area contributed by atoms with Gasteiger partial charge in [0, 0.05) is 17.9 Å². The summed E-state index contributed by atoms with van der Waals surface area (Å²) >= 11 is 0. The Morgan fingerprint density at radius 2 is 1.84 bits per heavy atom. The molecule has 1 N–H and O–H groups in total. The normalized spacial score (nSPS) is 12.8. The van der Waals surface area contributed by atoms with Crippen LogP contribution in [0.5, 0.6) is 0 Å². The molecule has 1 aromatic heterocycles. The summed E-state index contributed by atoms with van der Waals surface area (Å²) < 4.78 is 0. The Kier molecular flexibility index (Phi) is 3.94. The predicted octanol–water partition coefficient (Wildman–Crippen LogP) is 4.34. The molecule has 0 saturated carbocycles. The van der Waals surface area contributed by atoms with E-state index in [1.807, 2.05) is 43.3 Å². The standard InChI is InChI=1S/C21H19N3O/c1-15-6-8-17(9-7-15)23-21(25)19-11-10-18(14-22-19)24-13-12-16-4-2-3-5-20(16)24/h2-11,14H,12-13H2,1H3,(H,23,25). The maximum Gasteiger partial charge on any atom is 0.274 e. The summed E-state index contributed by atoms with van der Waals surface area (Å²) in [5.41, 5.74) is 5.93. The minimum atomic E-state index is -0.197. The Balaban J connectivity index is 1.50. The molecule has 4 heteroatoms. The van der Waals surface area contributed by atoms with Gasteiger partial charge in [-0.25, -0.2) is 4.98 Å². The van der Waals surface area contributed by atoms with Gasteiger partial charge in [-0.15, -0.1) is 0 Å². The highest BCUT2D eigenvalue weighted by Gasteiger charge is 2.20. The summed E-state index contributed by atoms with van der Waals surface area (Å²) in [4.78, 5) is 18.9. The fraction of sp³-hybridized carbons (Fsp3) is 0.143. The molecule has 3 aromatic rings. The molecule has 1 aliphatic heterocycles. The highest BCUT2D eigenvalue weighted by molar-refractivity contribution is 6.03. The van der Waals surface area contributed by atoms with Gasteiger partial charge in [-0.3, -0.25) is 4.79 Å². The van der Waals surface area contributed by atoms with Gasteiger partial charge in [0.1, 0.15) is 5.69 Å². The Labute approximate surface area is 147 Å². The average molecular weight is 329 g/mol. The average Bonchev–Trinajstić information content (AvgIpc) is 3.08. The molecule has 2 heterocycles. The topological polar surface area (TPSA) is 45.2 Å². The van der Waals surface area contributed by atoms with Crippen LogP contribution in [-0.4, -0.2) is 17.4 Å². The van der Waals surface area contributed by atoms with Gasteiger partial charge in [-0.1, -0.05) is 35.9 Å². The molecule has 0 spiro atoms. The minimum absolute atomic E-state index is 0.197. The minimum Gasteiger partial charge on any atom is -0.340 e. The molecular weight excluding hydrogens is 310 g/mol. The molecule has 124 valence electrons. The van der Waals surface area contributed by atoms with Crippen LogP contribution in [0.2, 0.25) is 0 Å². The summed E-state index contributed by atoms with van der Waals surface area (Å²) in [5, 5.41) is 2.88. The number of fused-ring (bicyclic) bond motifs is 1. The number of amides is 1. The number of carbonyl (C=O) groups excluding carboxylic acids is 1. The van der Waals surface area contributed by atoms with Crippen molar-refractivity contribution < 1.29 is 4.79 Å². The maximum atomic E-state index is 12.3. The first-order chi connectivity index (χ1) is 12.2. The number of benzene rings is 2. The molecule has 2 aromatic carbocycles. The molecular formula is C21H19N3O. The Hall–Kier alpha value is -3.14. The zero-order valence-electron chi connectivity index (χ0n) is 14.1. The van der Waals surface area contributed by atoms with E-state index < -0.39 is 0 Å². The third-order valence-electron chi connectivity index (χ3n) is 4.49. The third-order valence-corrected chi connectivity index (χ3v) is 4.49. The van der Waals surface area contributed by atoms with E-state index in [1.165, 1.54) is 11.3 Å². The molecule has 4 nitrogen and oxygen atoms in total. The molecule has 0 radical (unpaired) electrons. The fourth-order valence-corrected chi connectivity index (χ4v) is 3.12. The van der Waals surface area contributed by atoms with Crippen molar-refractivity contribution in [3.63, 3.8) is 0 Å². The zero-order valence-corrected chi connectivity index (χ0v) is 14.1. The highest BCUT2D eigenvalue weighted by Crippen LogP contribution is 2.33. The molecule has 1 aliphatic rings. The van der Waals surface area contributed by atoms with E-state index in [2.05, 4.69) is 33.4 Å². The molecule has 4 rings (SSSR count). The van der Waals surface area contributed by atoms with Crippen LogP contribution in [0.3, 0.4) is 0 Å². The number of aromatic nitrogens is 1. The smallest absolute Gasteiger partial charge is 0.274 e. The van der Waals surface area contributed by atoms with Gasteiger partial charge >= 0.3 is 0 Å². The van der Waals surface area contributed by atoms with Crippen LogP contribution >= 0.6 is 0 Å². The van der Waals surface area contributed by atoms with E-state index in [0.29, 0.717) is 5.69 Å². The van der Waals surface area contributed by atoms with Crippen molar-refractivity contribution in [2.45, 2.75) is 13.3 Å². The molecule has 0 bridgehead atoms. The van der Waals surface area contributed by atoms with E-state index in [0.717, 1.165) is 29.9 Å². The van der Waals surface area contributed by atoms with E-state index >= 15 is 0 Å². The van der Waals surface area contributed by atoms with Gasteiger partial charge in [-0.2, -0.15) is 0 Å². The maximum absolute atomic E-state index is 12.3. The van der Waals surface area contributed by atoms with E-state index in [1.54, 1.807) is 12.3 Å². The quantitative estimate of drug-likeness (QED) is 0.777. The van der Waals surface area contributed by atoms with Crippen LogP contribution in [0.25, 0.3) is 0 Å². The predicted molar refractivity (Wildman–Crippen MR) is 101 cm³/mol. The van der Waals surface area contributed by atoms with Gasteiger partial charge < -0.3 is 10.2 Å². The van der Waals surface area contributed by atoms with Crippen molar-refractivity contribution in [2.75, 3.05) is 16.8 Å². The third kappa shape index (κ3) is 3.11. The lowest BCUT2D eigenvalue weighted by atomic mass is 10.2. The zero-order chi connectivity index (χ0) is 17.2. The lowest BCUT2D eigenvalue weighted by molar-refractivity contribution is 0.102. The number of nitrogens with zero attached hydrogens (tertiary/aromatic N) is 2. The molecule has 25 heavy (non-hydrogen) atoms. The monoisotopic (exact) mass is 329 g/mol. The van der Waals surface area contributed by atoms with E-state index in [4.69, 9.17) is 0 Å². The molecule has 0 unspecified atom stereocenters. The summed E-state index contributed by atoms with van der Waals surface area (Å²) in [5.74, 6) is -0.197. The van der Waals surface area contributed by atoms with Gasteiger partial charge in [0.15, 0.2) is 0 Å². The number of hydrogen-bond acceptors (Lipinski definition) is 3. The highest BCUT2D eigenvalue weighted by atomic mass is 16.1. The van der Waals surface area contributed by atoms with Crippen LogP contribution < -0.4 is 10.2 Å². The summed E-state index contributed by atoms with van der Waals surface area (Å²) in [6.45, 7) is 2.96. The van der Waals surface area contributed by atoms with Crippen molar-refractivity contribution in [2.24, 2.45) is 0 Å². The van der Waals surface area contributed by atoms with Crippen LogP contribution in [0.4, 0.5) is 17.1 Å². The second kappa shape index (κ2) is 6.40. The molecule has 0 fully saturated rings. The number of aryl methyl sites for hydroxylation is 1. The molecule has 1 amide bonds. The molecule has 0 aliphatic carbocycles. The second-order valence-electron chi connectivity index (χ2n) is 6.25. The van der Waals surface area contributed by atoms with E-state index in [9.17, 15) is 4.79 Å². The van der Waals surface area contributed by atoms with Crippen molar-refractivity contribution in [3.8, 4) is 0 Å². The molecule has 0 atom stereocenters. The fourth-order valence-electron chi connectivity index (χ4n) is 3.12. The van der Waals surface area contributed by atoms with Crippen molar-refractivity contribution >= 4 is 23.0 Å². The van der Waals surface area contributed by atoms with E-state index in [-0.39, 0.29) is 5.91 Å². The first-order valence-electron chi connectivity index (χ1n) is 8.40. The van der Waals surface area contributed by atoms with Gasteiger partial charge in [0.05, 0.1) is 11.9 Å². The first kappa shape index (κ1) is 15.4. The van der Waals surface area contributed by atoms with Gasteiger partial charge in [0.2, 0.25) is 0 Å². The number of anilines is 3. The number of para-hydroxylation sites is 1. The first-order valence-corrected chi connectivity index (χ1v) is 8.40. The van der Waals surface area contributed by atoms with Gasteiger partial charge in [-0.05, 0) is 49.2 Å². The SMILES string of the molecule is Cc1ccc(NC(=O)c2ccc(N3CCc4ccccc43)cn2)cc1. The van der Waals surface area contributed by atoms with Crippen molar-refractivity contribution in [1.29, 1.82) is 0 Å². The number of rotatable bonds is 3. The lowest BCUT2D eigenvalue weighted by Crippen LogP contribution is -2.16. The summed E-state index contributed by atoms with van der Waals surface area (Å²) in [6, 6.07) is 19.9. The number of carbonyl (C=O) groups is 1. The number of nitrogens with one attached hydrogen (secondary N) is 1. The second-order valence-corrected chi connectivity index (χ2v) is 6.25. The van der Waals surface area contributed by atoms with Gasteiger partial charge in [0.25, 0.3) is 5.91 Å².